The minimum absolute atomic E-state index is 0.613. The summed E-state index contributed by atoms with van der Waals surface area (Å²) in [6.45, 7) is 4.35. The Labute approximate surface area is 181 Å². The highest BCUT2D eigenvalue weighted by Crippen LogP contribution is 2.61. The molecule has 0 spiro atoms. The van der Waals surface area contributed by atoms with E-state index in [1.807, 2.05) is 0 Å². The first-order valence-corrected chi connectivity index (χ1v) is 12.4. The molecule has 3 nitrogen and oxygen atoms in total. The van der Waals surface area contributed by atoms with Gasteiger partial charge in [-0.3, -0.25) is 9.58 Å². The molecule has 1 saturated heterocycles. The monoisotopic (exact) mass is 401 g/mol. The van der Waals surface area contributed by atoms with Crippen LogP contribution in [0.2, 0.25) is 0 Å². The summed E-state index contributed by atoms with van der Waals surface area (Å²) in [6, 6.07) is 8.71. The molecule has 7 rings (SSSR count). The van der Waals surface area contributed by atoms with Crippen molar-refractivity contribution in [1.82, 2.24) is 14.7 Å². The number of hydrogen-bond acceptors (Lipinski definition) is 2. The van der Waals surface area contributed by atoms with Crippen LogP contribution in [-0.4, -0.2) is 34.3 Å². The molecule has 158 valence electrons. The number of nitrogens with zero attached hydrogens (tertiary/aromatic N) is 3. The highest BCUT2D eigenvalue weighted by molar-refractivity contribution is 5.84. The standard InChI is InChI=1S/C27H35N3/c1-4-11-29(12-5-1)13-6-8-25-24-7-2-3-9-26(24)30(28-25)14-10-27-18-21-15-22(19-27)17-23(16-21)20-27/h2-3,7,9,21-23H,1,4-5,10-20H2. The van der Waals surface area contributed by atoms with E-state index in [4.69, 9.17) is 5.10 Å². The Morgan fingerprint density at radius 1 is 0.933 bits per heavy atom. The average Bonchev–Trinajstić information content (AvgIpc) is 3.10. The number of aromatic nitrogens is 2. The second-order valence-corrected chi connectivity index (χ2v) is 10.9. The number of likely N-dealkylation sites (tertiary alicyclic amines) is 1. The Balaban J connectivity index is 1.20. The van der Waals surface area contributed by atoms with Crippen LogP contribution in [0.4, 0.5) is 0 Å². The molecule has 0 amide bonds. The van der Waals surface area contributed by atoms with Gasteiger partial charge in [-0.15, -0.1) is 0 Å². The van der Waals surface area contributed by atoms with E-state index in [1.165, 1.54) is 88.2 Å². The van der Waals surface area contributed by atoms with Crippen molar-refractivity contribution in [2.75, 3.05) is 19.6 Å². The minimum Gasteiger partial charge on any atom is -0.292 e. The van der Waals surface area contributed by atoms with Crippen molar-refractivity contribution in [1.29, 1.82) is 0 Å². The Morgan fingerprint density at radius 3 is 2.37 bits per heavy atom. The number of hydrogen-bond donors (Lipinski definition) is 0. The third kappa shape index (κ3) is 3.58. The molecule has 4 saturated carbocycles. The van der Waals surface area contributed by atoms with Crippen LogP contribution < -0.4 is 0 Å². The van der Waals surface area contributed by atoms with E-state index in [0.717, 1.165) is 36.5 Å². The summed E-state index contributed by atoms with van der Waals surface area (Å²) in [5.74, 6) is 9.94. The zero-order valence-corrected chi connectivity index (χ0v) is 18.3. The molecule has 5 aliphatic rings. The van der Waals surface area contributed by atoms with Gasteiger partial charge in [-0.2, -0.15) is 5.10 Å². The fraction of sp³-hybridized carbons (Fsp3) is 0.667. The maximum atomic E-state index is 5.01. The van der Waals surface area contributed by atoms with Gasteiger partial charge in [0.05, 0.1) is 12.1 Å². The fourth-order valence-corrected chi connectivity index (χ4v) is 7.68. The first-order valence-electron chi connectivity index (χ1n) is 12.4. The molecular weight excluding hydrogens is 366 g/mol. The van der Waals surface area contributed by atoms with Crippen LogP contribution in [0.25, 0.3) is 10.9 Å². The average molecular weight is 402 g/mol. The van der Waals surface area contributed by atoms with E-state index >= 15 is 0 Å². The largest absolute Gasteiger partial charge is 0.292 e. The predicted molar refractivity (Wildman–Crippen MR) is 122 cm³/mol. The van der Waals surface area contributed by atoms with Crippen molar-refractivity contribution in [2.24, 2.45) is 23.2 Å². The molecule has 0 unspecified atom stereocenters. The van der Waals surface area contributed by atoms with Crippen LogP contribution in [0.5, 0.6) is 0 Å². The van der Waals surface area contributed by atoms with Crippen LogP contribution in [0.3, 0.4) is 0 Å². The molecule has 5 fully saturated rings. The summed E-state index contributed by atoms with van der Waals surface area (Å²) in [5, 5.41) is 6.24. The lowest BCUT2D eigenvalue weighted by atomic mass is 9.49. The summed E-state index contributed by atoms with van der Waals surface area (Å²) in [4.78, 5) is 2.49. The quantitative estimate of drug-likeness (QED) is 0.633. The van der Waals surface area contributed by atoms with Gasteiger partial charge in [0.2, 0.25) is 0 Å². The molecule has 0 N–H and O–H groups in total. The van der Waals surface area contributed by atoms with Crippen molar-refractivity contribution in [3.63, 3.8) is 0 Å². The SMILES string of the molecule is C(#Cc1nn(CCC23CC4CC(CC(C4)C2)C3)c2ccccc12)CN1CCCCC1. The molecule has 1 aromatic heterocycles. The van der Waals surface area contributed by atoms with Gasteiger partial charge in [0, 0.05) is 11.9 Å². The zero-order valence-electron chi connectivity index (χ0n) is 18.3. The predicted octanol–water partition coefficient (Wildman–Crippen LogP) is 5.48. The summed E-state index contributed by atoms with van der Waals surface area (Å²) in [5.41, 5.74) is 2.86. The van der Waals surface area contributed by atoms with Gasteiger partial charge in [-0.1, -0.05) is 24.5 Å². The van der Waals surface area contributed by atoms with E-state index in [1.54, 1.807) is 0 Å². The molecule has 4 aliphatic carbocycles. The number of para-hydroxylation sites is 1. The van der Waals surface area contributed by atoms with E-state index in [0.29, 0.717) is 5.41 Å². The molecule has 1 aliphatic heterocycles. The van der Waals surface area contributed by atoms with Crippen LogP contribution in [-0.2, 0) is 6.54 Å². The van der Waals surface area contributed by atoms with Crippen LogP contribution >= 0.6 is 0 Å². The van der Waals surface area contributed by atoms with Gasteiger partial charge in [0.15, 0.2) is 0 Å². The lowest BCUT2D eigenvalue weighted by Gasteiger charge is -2.57. The number of fused-ring (bicyclic) bond motifs is 1. The Bertz CT molecular complexity index is 934. The second kappa shape index (κ2) is 7.72. The van der Waals surface area contributed by atoms with Crippen molar-refractivity contribution in [3.8, 4) is 11.8 Å². The van der Waals surface area contributed by atoms with Gasteiger partial charge in [0.1, 0.15) is 5.69 Å². The van der Waals surface area contributed by atoms with Crippen molar-refractivity contribution < 1.29 is 0 Å². The van der Waals surface area contributed by atoms with Crippen molar-refractivity contribution >= 4 is 10.9 Å². The van der Waals surface area contributed by atoms with Crippen LogP contribution in [0, 0.1) is 35.0 Å². The summed E-state index contributed by atoms with van der Waals surface area (Å²) >= 11 is 0. The lowest BCUT2D eigenvalue weighted by molar-refractivity contribution is -0.0594. The van der Waals surface area contributed by atoms with Gasteiger partial charge < -0.3 is 0 Å². The number of benzene rings is 1. The molecule has 0 radical (unpaired) electrons. The van der Waals surface area contributed by atoms with E-state index < -0.39 is 0 Å². The summed E-state index contributed by atoms with van der Waals surface area (Å²) in [6.07, 6.45) is 14.4. The maximum Gasteiger partial charge on any atom is 0.143 e. The molecule has 2 aromatic rings. The topological polar surface area (TPSA) is 21.1 Å². The highest BCUT2D eigenvalue weighted by atomic mass is 15.3. The van der Waals surface area contributed by atoms with Crippen molar-refractivity contribution in [2.45, 2.75) is 70.8 Å². The highest BCUT2D eigenvalue weighted by Gasteiger charge is 2.50. The fourth-order valence-electron chi connectivity index (χ4n) is 7.68. The van der Waals surface area contributed by atoms with E-state index in [-0.39, 0.29) is 0 Å². The lowest BCUT2D eigenvalue weighted by Crippen LogP contribution is -2.46. The summed E-state index contributed by atoms with van der Waals surface area (Å²) in [7, 11) is 0. The van der Waals surface area contributed by atoms with Gasteiger partial charge in [-0.05, 0) is 112 Å². The number of aryl methyl sites for hydroxylation is 1. The Hall–Kier alpha value is -1.79. The molecule has 0 atom stereocenters. The third-order valence-electron chi connectivity index (χ3n) is 8.64. The normalized spacial score (nSPS) is 33.0. The van der Waals surface area contributed by atoms with Gasteiger partial charge in [-0.25, -0.2) is 0 Å². The smallest absolute Gasteiger partial charge is 0.143 e. The first-order chi connectivity index (χ1) is 14.8. The molecule has 2 heterocycles. The number of piperidine rings is 1. The molecule has 30 heavy (non-hydrogen) atoms. The molecule has 3 heteroatoms. The zero-order chi connectivity index (χ0) is 20.0. The van der Waals surface area contributed by atoms with Crippen LogP contribution in [0.1, 0.15) is 69.9 Å². The second-order valence-electron chi connectivity index (χ2n) is 10.9. The van der Waals surface area contributed by atoms with E-state index in [9.17, 15) is 0 Å². The Kier molecular flexibility index (Phi) is 4.87. The van der Waals surface area contributed by atoms with Gasteiger partial charge in [0.25, 0.3) is 0 Å². The third-order valence-corrected chi connectivity index (χ3v) is 8.64. The maximum absolute atomic E-state index is 5.01. The Morgan fingerprint density at radius 2 is 1.63 bits per heavy atom. The van der Waals surface area contributed by atoms with Crippen LogP contribution in [0.15, 0.2) is 24.3 Å². The molecule has 1 aromatic carbocycles. The van der Waals surface area contributed by atoms with Crippen molar-refractivity contribution in [3.05, 3.63) is 30.0 Å². The molecular formula is C27H35N3. The number of rotatable bonds is 4. The van der Waals surface area contributed by atoms with E-state index in [2.05, 4.69) is 45.7 Å². The molecule has 4 bridgehead atoms. The first kappa shape index (κ1) is 18.9. The van der Waals surface area contributed by atoms with Gasteiger partial charge >= 0.3 is 0 Å². The summed E-state index contributed by atoms with van der Waals surface area (Å²) < 4.78 is 2.28. The minimum atomic E-state index is 0.613.